The Morgan fingerprint density at radius 2 is 0.444 bits per heavy atom. The fourth-order valence-electron chi connectivity index (χ4n) is 21.2. The van der Waals surface area contributed by atoms with Crippen LogP contribution in [-0.2, 0) is 0 Å². The van der Waals surface area contributed by atoms with E-state index in [9.17, 15) is 0 Å². The van der Waals surface area contributed by atoms with Crippen molar-refractivity contribution in [1.82, 2.24) is 13.7 Å². The van der Waals surface area contributed by atoms with Crippen LogP contribution >= 0.6 is 34.0 Å². The molecule has 30 aromatic rings. The van der Waals surface area contributed by atoms with Crippen molar-refractivity contribution in [1.29, 1.82) is 0 Å². The minimum atomic E-state index is 0.924. The van der Waals surface area contributed by atoms with E-state index in [0.29, 0.717) is 0 Å². The normalized spacial score (nSPS) is 12.0. The second-order valence-electron chi connectivity index (χ2n) is 35.2. The van der Waals surface area contributed by atoms with E-state index < -0.39 is 0 Å². The van der Waals surface area contributed by atoms with Gasteiger partial charge in [0.2, 0.25) is 0 Å². The van der Waals surface area contributed by atoms with Crippen molar-refractivity contribution in [2.45, 2.75) is 0 Å². The predicted octanol–water partition coefficient (Wildman–Crippen LogP) is 37.2. The van der Waals surface area contributed by atoms with Gasteiger partial charge in [-0.3, -0.25) is 0 Å². The van der Waals surface area contributed by atoms with Crippen molar-refractivity contribution in [3.8, 4) is 83.8 Å². The maximum absolute atomic E-state index is 6.04. The number of para-hydroxylation sites is 6. The smallest absolute Gasteiger partial charge is 0.135 e. The summed E-state index contributed by atoms with van der Waals surface area (Å²) < 4.78 is 33.4. The molecule has 630 valence electrons. The van der Waals surface area contributed by atoms with E-state index >= 15 is 0 Å². The van der Waals surface area contributed by atoms with Crippen molar-refractivity contribution in [3.05, 3.63) is 455 Å². The molecular formula is C126H75N3O3S3. The summed E-state index contributed by atoms with van der Waals surface area (Å²) in [6, 6.07) is 164. The molecule has 0 aliphatic heterocycles. The fraction of sp³-hybridized carbons (Fsp3) is 0. The highest BCUT2D eigenvalue weighted by Crippen LogP contribution is 2.49. The second kappa shape index (κ2) is 30.9. The minimum absolute atomic E-state index is 0.924. The number of fused-ring (bicyclic) bond motifs is 29. The molecule has 9 heterocycles. The first-order valence-corrected chi connectivity index (χ1v) is 48.2. The SMILES string of the molecule is c1ccc2c(c1)oc1ccc(-c3ccc(-c4ccc(-n5c6ccccc6c6c7c(ccc65)sc5ccccc57)cc4)cc3)cc12.c1ccc2c(c1)oc1ccc(-c3ccc(-c4ccc(-n5c6ccccc6c6cc7sc8ccccc8c7cc65)cc4)cc3)cc12.c1ccc2c(c1)oc1ccc(-c3ccc(-c4ccc(-n5c6ccccc6c6ccc7sc8ccccc8c7c65)cc4)cc3)cc12. The Labute approximate surface area is 785 Å². The number of benzene rings is 21. The number of aromatic nitrogens is 3. The van der Waals surface area contributed by atoms with Crippen molar-refractivity contribution >= 4 is 226 Å². The van der Waals surface area contributed by atoms with Crippen LogP contribution in [0.3, 0.4) is 0 Å². The van der Waals surface area contributed by atoms with Crippen LogP contribution in [0.15, 0.2) is 468 Å². The molecule has 21 aromatic carbocycles. The molecule has 30 rings (SSSR count). The first-order valence-electron chi connectivity index (χ1n) is 45.8. The summed E-state index contributed by atoms with van der Waals surface area (Å²) in [6.07, 6.45) is 0. The summed E-state index contributed by atoms with van der Waals surface area (Å²) in [6.45, 7) is 0. The Bertz CT molecular complexity index is 9840. The average Bonchev–Trinajstić information content (AvgIpc) is 1.95. The van der Waals surface area contributed by atoms with Crippen molar-refractivity contribution in [2.75, 3.05) is 0 Å². The Hall–Kier alpha value is -16.9. The van der Waals surface area contributed by atoms with E-state index in [1.807, 2.05) is 70.4 Å². The van der Waals surface area contributed by atoms with Crippen molar-refractivity contribution < 1.29 is 13.3 Å². The van der Waals surface area contributed by atoms with Gasteiger partial charge in [-0.05, 0) is 224 Å². The Morgan fingerprint density at radius 3 is 0.904 bits per heavy atom. The lowest BCUT2D eigenvalue weighted by molar-refractivity contribution is 0.668. The molecular weight excluding hydrogens is 1700 g/mol. The zero-order chi connectivity index (χ0) is 88.5. The lowest BCUT2D eigenvalue weighted by Crippen LogP contribution is -1.94. The Balaban J connectivity index is 0.000000101. The van der Waals surface area contributed by atoms with E-state index in [2.05, 4.69) is 432 Å². The van der Waals surface area contributed by atoms with E-state index in [1.165, 1.54) is 210 Å². The number of furan rings is 3. The first-order chi connectivity index (χ1) is 66.9. The molecule has 0 N–H and O–H groups in total. The predicted molar refractivity (Wildman–Crippen MR) is 575 cm³/mol. The van der Waals surface area contributed by atoms with Gasteiger partial charge in [-0.2, -0.15) is 0 Å². The molecule has 0 fully saturated rings. The van der Waals surface area contributed by atoms with E-state index in [4.69, 9.17) is 13.3 Å². The quantitative estimate of drug-likeness (QED) is 0.145. The number of rotatable bonds is 9. The molecule has 0 unspecified atom stereocenters. The van der Waals surface area contributed by atoms with Crippen LogP contribution in [0, 0.1) is 0 Å². The average molecular weight is 1780 g/mol. The van der Waals surface area contributed by atoms with Gasteiger partial charge in [-0.25, -0.2) is 0 Å². The zero-order valence-electron chi connectivity index (χ0n) is 72.6. The van der Waals surface area contributed by atoms with Crippen LogP contribution in [0.1, 0.15) is 0 Å². The lowest BCUT2D eigenvalue weighted by atomic mass is 9.99. The summed E-state index contributed by atoms with van der Waals surface area (Å²) in [4.78, 5) is 0. The number of thiophene rings is 3. The number of nitrogens with zero attached hydrogens (tertiary/aromatic N) is 3. The molecule has 135 heavy (non-hydrogen) atoms. The van der Waals surface area contributed by atoms with Crippen LogP contribution in [0.4, 0.5) is 0 Å². The summed E-state index contributed by atoms with van der Waals surface area (Å²) in [5, 5.41) is 22.7. The van der Waals surface area contributed by atoms with E-state index in [0.717, 1.165) is 65.8 Å². The molecule has 9 aromatic heterocycles. The summed E-state index contributed by atoms with van der Waals surface area (Å²) in [7, 11) is 0. The Morgan fingerprint density at radius 1 is 0.141 bits per heavy atom. The maximum Gasteiger partial charge on any atom is 0.135 e. The van der Waals surface area contributed by atoms with Gasteiger partial charge in [0.05, 0.1) is 33.1 Å². The van der Waals surface area contributed by atoms with Crippen LogP contribution in [0.5, 0.6) is 0 Å². The van der Waals surface area contributed by atoms with Crippen LogP contribution in [0.25, 0.3) is 276 Å². The molecule has 6 nitrogen and oxygen atoms in total. The van der Waals surface area contributed by atoms with Gasteiger partial charge in [0.25, 0.3) is 0 Å². The van der Waals surface area contributed by atoms with E-state index in [1.54, 1.807) is 0 Å². The zero-order valence-corrected chi connectivity index (χ0v) is 75.0. The molecule has 0 atom stereocenters. The van der Waals surface area contributed by atoms with E-state index in [-0.39, 0.29) is 0 Å². The maximum atomic E-state index is 6.04. The molecule has 0 saturated heterocycles. The highest BCUT2D eigenvalue weighted by Gasteiger charge is 2.24. The van der Waals surface area contributed by atoms with Crippen LogP contribution < -0.4 is 0 Å². The van der Waals surface area contributed by atoms with Gasteiger partial charge < -0.3 is 27.0 Å². The van der Waals surface area contributed by atoms with Crippen molar-refractivity contribution in [3.63, 3.8) is 0 Å². The number of hydrogen-bond donors (Lipinski definition) is 0. The van der Waals surface area contributed by atoms with Crippen LogP contribution in [0.2, 0.25) is 0 Å². The molecule has 0 aliphatic carbocycles. The van der Waals surface area contributed by atoms with Gasteiger partial charge in [0.1, 0.15) is 33.5 Å². The van der Waals surface area contributed by atoms with Crippen LogP contribution in [-0.4, -0.2) is 13.7 Å². The largest absolute Gasteiger partial charge is 0.456 e. The lowest BCUT2D eigenvalue weighted by Gasteiger charge is -2.11. The second-order valence-corrected chi connectivity index (χ2v) is 38.4. The third kappa shape index (κ3) is 12.6. The fourth-order valence-corrected chi connectivity index (χ4v) is 24.6. The highest BCUT2D eigenvalue weighted by atomic mass is 32.1. The molecule has 9 heteroatoms. The first kappa shape index (κ1) is 76.9. The molecule has 0 amide bonds. The third-order valence-corrected chi connectivity index (χ3v) is 31.1. The van der Waals surface area contributed by atoms with Gasteiger partial charge in [-0.15, -0.1) is 34.0 Å². The van der Waals surface area contributed by atoms with Gasteiger partial charge in [0.15, 0.2) is 0 Å². The number of hydrogen-bond acceptors (Lipinski definition) is 6. The standard InChI is InChI=1S/3C42H25NOS/c1-4-10-35-32(8-1)41-36(22-24-40-42(41)33-9-3-6-12-39(33)45-40)43(35)30-20-17-27(18-21-30)26-13-15-28(16-14-26)29-19-23-38-34(25-29)31-7-2-5-11-37(31)44-38;1-4-10-36-31(7-1)33-22-24-40-41(34-9-3-6-12-39(34)45-40)42(33)43(36)30-20-17-27(18-21-30)26-13-15-28(16-14-26)29-19-23-38-35(25-29)32-8-2-5-11-37(32)44-38;1-4-10-37-31(7-1)34-25-42-36(33-9-3-6-12-41(33)45-42)24-38(34)43(37)30-20-17-27(18-21-30)26-13-15-28(16-14-26)29-19-22-40-35(23-29)32-8-2-5-11-39(32)44-40/h3*1-25H. The molecule has 0 radical (unpaired) electrons. The summed E-state index contributed by atoms with van der Waals surface area (Å²) in [5.74, 6) is 0. The minimum Gasteiger partial charge on any atom is -0.456 e. The molecule has 0 bridgehead atoms. The summed E-state index contributed by atoms with van der Waals surface area (Å²) in [5.41, 5.74) is 30.9. The highest BCUT2D eigenvalue weighted by molar-refractivity contribution is 7.26. The topological polar surface area (TPSA) is 54.2 Å². The molecule has 0 spiro atoms. The van der Waals surface area contributed by atoms with Gasteiger partial charge >= 0.3 is 0 Å². The monoisotopic (exact) mass is 1770 g/mol. The molecule has 0 saturated carbocycles. The third-order valence-electron chi connectivity index (χ3n) is 27.7. The van der Waals surface area contributed by atoms with Gasteiger partial charge in [0, 0.05) is 142 Å². The Kier molecular flexibility index (Phi) is 17.6. The summed E-state index contributed by atoms with van der Waals surface area (Å²) >= 11 is 5.63. The van der Waals surface area contributed by atoms with Gasteiger partial charge in [-0.1, -0.05) is 297 Å². The molecule has 0 aliphatic rings. The van der Waals surface area contributed by atoms with Crippen molar-refractivity contribution in [2.24, 2.45) is 0 Å².